The van der Waals surface area contributed by atoms with Crippen molar-refractivity contribution in [2.75, 3.05) is 14.2 Å². The fourth-order valence-electron chi connectivity index (χ4n) is 1.62. The third-order valence-electron chi connectivity index (χ3n) is 2.40. The van der Waals surface area contributed by atoms with E-state index in [1.807, 2.05) is 6.92 Å². The molecule has 6 heteroatoms. The van der Waals surface area contributed by atoms with Crippen LogP contribution in [0.3, 0.4) is 0 Å². The van der Waals surface area contributed by atoms with Crippen LogP contribution in [0.15, 0.2) is 5.11 Å². The summed E-state index contributed by atoms with van der Waals surface area (Å²) in [5, 5.41) is 3.66. The summed E-state index contributed by atoms with van der Waals surface area (Å²) in [5.41, 5.74) is 8.39. The van der Waals surface area contributed by atoms with Gasteiger partial charge >= 0.3 is 0 Å². The number of nitrogens with zero attached hydrogens (tertiary/aromatic N) is 3. The van der Waals surface area contributed by atoms with Crippen LogP contribution in [0.1, 0.15) is 13.3 Å². The molecule has 1 fully saturated rings. The van der Waals surface area contributed by atoms with Gasteiger partial charge in [0.1, 0.15) is 0 Å². The Morgan fingerprint density at radius 2 is 2.14 bits per heavy atom. The first kappa shape index (κ1) is 11.3. The number of ether oxygens (including phenoxy) is 3. The smallest absolute Gasteiger partial charge is 0.160 e. The maximum atomic E-state index is 8.39. The molecule has 14 heavy (non-hydrogen) atoms. The Kier molecular flexibility index (Phi) is 4.16. The van der Waals surface area contributed by atoms with Gasteiger partial charge in [-0.3, -0.25) is 0 Å². The molecule has 80 valence electrons. The summed E-state index contributed by atoms with van der Waals surface area (Å²) in [7, 11) is 3.17. The molecule has 1 aliphatic rings. The second kappa shape index (κ2) is 5.17. The van der Waals surface area contributed by atoms with Crippen LogP contribution >= 0.6 is 0 Å². The molecule has 0 amide bonds. The van der Waals surface area contributed by atoms with Crippen molar-refractivity contribution in [3.63, 3.8) is 0 Å². The first-order valence-corrected chi connectivity index (χ1v) is 4.48. The van der Waals surface area contributed by atoms with Crippen LogP contribution < -0.4 is 0 Å². The summed E-state index contributed by atoms with van der Waals surface area (Å²) < 4.78 is 15.8. The zero-order valence-electron chi connectivity index (χ0n) is 8.58. The van der Waals surface area contributed by atoms with E-state index in [9.17, 15) is 0 Å². The van der Waals surface area contributed by atoms with Crippen LogP contribution in [0.25, 0.3) is 10.4 Å². The molecule has 0 radical (unpaired) electrons. The molecule has 0 unspecified atom stereocenters. The van der Waals surface area contributed by atoms with Crippen LogP contribution in [0.4, 0.5) is 0 Å². The van der Waals surface area contributed by atoms with Crippen molar-refractivity contribution >= 4 is 0 Å². The molecule has 0 N–H and O–H groups in total. The number of methoxy groups -OCH3 is 2. The minimum atomic E-state index is -0.281. The summed E-state index contributed by atoms with van der Waals surface area (Å²) in [6.45, 7) is 1.84. The largest absolute Gasteiger partial charge is 0.381 e. The van der Waals surface area contributed by atoms with Gasteiger partial charge in [0.05, 0.1) is 18.2 Å². The van der Waals surface area contributed by atoms with Gasteiger partial charge in [0.2, 0.25) is 0 Å². The van der Waals surface area contributed by atoms with Gasteiger partial charge in [-0.15, -0.1) is 0 Å². The van der Waals surface area contributed by atoms with Crippen molar-refractivity contribution in [3.05, 3.63) is 10.4 Å². The van der Waals surface area contributed by atoms with Gasteiger partial charge in [0.15, 0.2) is 6.29 Å². The molecule has 4 atom stereocenters. The highest BCUT2D eigenvalue weighted by molar-refractivity contribution is 4.87. The van der Waals surface area contributed by atoms with Gasteiger partial charge in [-0.05, 0) is 12.5 Å². The van der Waals surface area contributed by atoms with Gasteiger partial charge in [-0.2, -0.15) is 0 Å². The molecule has 0 spiro atoms. The third-order valence-corrected chi connectivity index (χ3v) is 2.40. The van der Waals surface area contributed by atoms with E-state index < -0.39 is 0 Å². The molecule has 0 aromatic heterocycles. The van der Waals surface area contributed by atoms with E-state index in [0.29, 0.717) is 6.42 Å². The lowest BCUT2D eigenvalue weighted by molar-refractivity contribution is -0.209. The average molecular weight is 201 g/mol. The zero-order chi connectivity index (χ0) is 10.6. The normalized spacial score (nSPS) is 37.6. The molecule has 0 aromatic carbocycles. The first-order valence-electron chi connectivity index (χ1n) is 4.48. The molecule has 1 aliphatic heterocycles. The van der Waals surface area contributed by atoms with Gasteiger partial charge in [-0.1, -0.05) is 5.11 Å². The highest BCUT2D eigenvalue weighted by Gasteiger charge is 2.36. The minimum absolute atomic E-state index is 0.139. The highest BCUT2D eigenvalue weighted by Crippen LogP contribution is 2.24. The Labute approximate surface area is 82.8 Å². The van der Waals surface area contributed by atoms with Gasteiger partial charge in [-0.25, -0.2) is 0 Å². The second-order valence-corrected chi connectivity index (χ2v) is 3.21. The third kappa shape index (κ3) is 2.36. The lowest BCUT2D eigenvalue weighted by atomic mass is 10.0. The molecular formula is C8H15N3O3. The van der Waals surface area contributed by atoms with Crippen molar-refractivity contribution in [1.82, 2.24) is 0 Å². The summed E-state index contributed by atoms with van der Waals surface area (Å²) in [5.74, 6) is 0. The van der Waals surface area contributed by atoms with Crippen molar-refractivity contribution in [3.8, 4) is 0 Å². The van der Waals surface area contributed by atoms with Crippen LogP contribution in [-0.4, -0.2) is 38.8 Å². The van der Waals surface area contributed by atoms with E-state index in [4.69, 9.17) is 19.7 Å². The van der Waals surface area contributed by atoms with Gasteiger partial charge < -0.3 is 14.2 Å². The average Bonchev–Trinajstić information content (AvgIpc) is 2.20. The molecule has 1 heterocycles. The molecule has 0 aromatic rings. The zero-order valence-corrected chi connectivity index (χ0v) is 8.58. The lowest BCUT2D eigenvalue weighted by Crippen LogP contribution is -2.47. The Balaban J connectivity index is 2.70. The van der Waals surface area contributed by atoms with E-state index in [1.165, 1.54) is 0 Å². The Bertz CT molecular complexity index is 230. The van der Waals surface area contributed by atoms with Gasteiger partial charge in [0, 0.05) is 25.6 Å². The SMILES string of the molecule is CO[C@H]1C[C@H](OC)[C@H](N=[N+]=[N-])[C@H](C)O1. The van der Waals surface area contributed by atoms with E-state index >= 15 is 0 Å². The Morgan fingerprint density at radius 3 is 2.64 bits per heavy atom. The fraction of sp³-hybridized carbons (Fsp3) is 1.00. The Hall–Kier alpha value is -0.810. The molecule has 0 saturated carbocycles. The van der Waals surface area contributed by atoms with Crippen LogP contribution in [0, 0.1) is 0 Å². The molecule has 6 nitrogen and oxygen atoms in total. The second-order valence-electron chi connectivity index (χ2n) is 3.21. The predicted octanol–water partition coefficient (Wildman–Crippen LogP) is 1.46. The van der Waals surface area contributed by atoms with E-state index in [1.54, 1.807) is 14.2 Å². The predicted molar refractivity (Wildman–Crippen MR) is 49.7 cm³/mol. The molecule has 0 bridgehead atoms. The fourth-order valence-corrected chi connectivity index (χ4v) is 1.62. The molecule has 1 rings (SSSR count). The van der Waals surface area contributed by atoms with Crippen LogP contribution in [0.2, 0.25) is 0 Å². The number of azide groups is 1. The topological polar surface area (TPSA) is 76.5 Å². The molecular weight excluding hydrogens is 186 g/mol. The highest BCUT2D eigenvalue weighted by atomic mass is 16.7. The molecule has 0 aliphatic carbocycles. The quantitative estimate of drug-likeness (QED) is 0.394. The maximum absolute atomic E-state index is 8.39. The maximum Gasteiger partial charge on any atom is 0.160 e. The van der Waals surface area contributed by atoms with E-state index in [0.717, 1.165) is 0 Å². The van der Waals surface area contributed by atoms with Crippen LogP contribution in [0.5, 0.6) is 0 Å². The monoisotopic (exact) mass is 201 g/mol. The van der Waals surface area contributed by atoms with Crippen molar-refractivity contribution in [1.29, 1.82) is 0 Å². The van der Waals surface area contributed by atoms with Crippen molar-refractivity contribution in [2.24, 2.45) is 5.11 Å². The minimum Gasteiger partial charge on any atom is -0.381 e. The van der Waals surface area contributed by atoms with Crippen molar-refractivity contribution in [2.45, 2.75) is 37.9 Å². The van der Waals surface area contributed by atoms with E-state index in [2.05, 4.69) is 10.0 Å². The first-order chi connectivity index (χ1) is 6.72. The Morgan fingerprint density at radius 1 is 1.43 bits per heavy atom. The summed E-state index contributed by atoms with van der Waals surface area (Å²) in [4.78, 5) is 2.78. The number of hydrogen-bond donors (Lipinski definition) is 0. The van der Waals surface area contributed by atoms with E-state index in [-0.39, 0.29) is 24.5 Å². The number of rotatable bonds is 3. The van der Waals surface area contributed by atoms with Gasteiger partial charge in [0.25, 0.3) is 0 Å². The summed E-state index contributed by atoms with van der Waals surface area (Å²) in [6.07, 6.45) is -0.0182. The standard InChI is InChI=1S/C8H15N3O3/c1-5-8(10-11-9)6(12-2)4-7(13-3)14-5/h5-8H,4H2,1-3H3/t5-,6-,7+,8+/m0/s1. The lowest BCUT2D eigenvalue weighted by Gasteiger charge is -2.36. The summed E-state index contributed by atoms with van der Waals surface area (Å²) in [6, 6.07) is -0.281. The van der Waals surface area contributed by atoms with Crippen molar-refractivity contribution < 1.29 is 14.2 Å². The molecule has 1 saturated heterocycles. The summed E-state index contributed by atoms with van der Waals surface area (Å²) >= 11 is 0. The number of hydrogen-bond acceptors (Lipinski definition) is 4. The van der Waals surface area contributed by atoms with Crippen LogP contribution in [-0.2, 0) is 14.2 Å².